The van der Waals surface area contributed by atoms with Gasteiger partial charge in [-0.1, -0.05) is 18.6 Å². The third-order valence-electron chi connectivity index (χ3n) is 7.91. The number of hydrogen-bond donors (Lipinski definition) is 0. The van der Waals surface area contributed by atoms with Crippen molar-refractivity contribution in [2.75, 3.05) is 33.5 Å². The average Bonchev–Trinajstić information content (AvgIpc) is 2.89. The molecule has 6 nitrogen and oxygen atoms in total. The van der Waals surface area contributed by atoms with E-state index < -0.39 is 0 Å². The zero-order valence-electron chi connectivity index (χ0n) is 19.8. The van der Waals surface area contributed by atoms with Crippen LogP contribution < -0.4 is 14.9 Å². The maximum absolute atomic E-state index is 13.4. The molecule has 3 aliphatic heterocycles. The van der Waals surface area contributed by atoms with E-state index in [4.69, 9.17) is 13.9 Å². The van der Waals surface area contributed by atoms with Crippen molar-refractivity contribution in [2.45, 2.75) is 44.7 Å². The molecule has 2 saturated heterocycles. The number of fused-ring (bicyclic) bond motifs is 4. The fourth-order valence-electron chi connectivity index (χ4n) is 6.16. The Balaban J connectivity index is 1.27. The predicted molar refractivity (Wildman–Crippen MR) is 132 cm³/mol. The van der Waals surface area contributed by atoms with Crippen molar-refractivity contribution in [3.63, 3.8) is 0 Å². The van der Waals surface area contributed by atoms with Gasteiger partial charge in [-0.3, -0.25) is 9.69 Å². The molecule has 2 aromatic carbocycles. The average molecular weight is 461 g/mol. The number of piperidine rings is 2. The lowest BCUT2D eigenvalue weighted by Crippen LogP contribution is -2.51. The highest BCUT2D eigenvalue weighted by atomic mass is 16.5. The van der Waals surface area contributed by atoms with E-state index in [2.05, 4.69) is 9.80 Å². The molecule has 0 amide bonds. The van der Waals surface area contributed by atoms with E-state index in [9.17, 15) is 4.79 Å². The molecule has 0 spiro atoms. The first-order chi connectivity index (χ1) is 16.7. The number of benzene rings is 2. The van der Waals surface area contributed by atoms with E-state index in [-0.39, 0.29) is 5.43 Å². The molecule has 3 aliphatic rings. The van der Waals surface area contributed by atoms with Gasteiger partial charge in [0.25, 0.3) is 0 Å². The summed E-state index contributed by atoms with van der Waals surface area (Å²) in [6.45, 7) is 4.89. The Morgan fingerprint density at radius 3 is 2.74 bits per heavy atom. The molecule has 34 heavy (non-hydrogen) atoms. The van der Waals surface area contributed by atoms with Crippen LogP contribution in [0.5, 0.6) is 11.5 Å². The highest BCUT2D eigenvalue weighted by Gasteiger charge is 2.35. The molecule has 2 fully saturated rings. The number of rotatable bonds is 4. The number of methoxy groups -OCH3 is 1. The fraction of sp³-hybridized carbons (Fsp3) is 0.464. The van der Waals surface area contributed by atoms with E-state index in [1.807, 2.05) is 36.4 Å². The Hall–Kier alpha value is -2.83. The Kier molecular flexibility index (Phi) is 5.79. The third kappa shape index (κ3) is 3.89. The van der Waals surface area contributed by atoms with Crippen molar-refractivity contribution in [1.82, 2.24) is 9.80 Å². The van der Waals surface area contributed by atoms with Gasteiger partial charge in [0, 0.05) is 19.1 Å². The zero-order chi connectivity index (χ0) is 23.1. The van der Waals surface area contributed by atoms with Gasteiger partial charge in [0.2, 0.25) is 5.43 Å². The van der Waals surface area contributed by atoms with E-state index in [0.29, 0.717) is 35.2 Å². The summed E-state index contributed by atoms with van der Waals surface area (Å²) in [4.78, 5) is 18.5. The van der Waals surface area contributed by atoms with Crippen LogP contribution in [0.1, 0.15) is 37.7 Å². The first-order valence-electron chi connectivity index (χ1n) is 12.5. The normalized spacial score (nSPS) is 23.2. The molecular weight excluding hydrogens is 428 g/mol. The van der Waals surface area contributed by atoms with Crippen LogP contribution in [0.15, 0.2) is 51.9 Å². The molecule has 0 bridgehead atoms. The Morgan fingerprint density at radius 2 is 1.88 bits per heavy atom. The Labute approximate surface area is 200 Å². The van der Waals surface area contributed by atoms with Crippen LogP contribution in [0.3, 0.4) is 0 Å². The monoisotopic (exact) mass is 460 g/mol. The minimum Gasteiger partial charge on any atom is -0.497 e. The summed E-state index contributed by atoms with van der Waals surface area (Å²) < 4.78 is 17.5. The van der Waals surface area contributed by atoms with Crippen molar-refractivity contribution in [1.29, 1.82) is 0 Å². The van der Waals surface area contributed by atoms with E-state index >= 15 is 0 Å². The second-order valence-corrected chi connectivity index (χ2v) is 9.91. The van der Waals surface area contributed by atoms with E-state index in [1.165, 1.54) is 45.2 Å². The first kappa shape index (κ1) is 21.7. The molecule has 0 unspecified atom stereocenters. The van der Waals surface area contributed by atoms with E-state index in [1.54, 1.807) is 13.4 Å². The molecule has 3 aromatic rings. The molecular formula is C28H32N2O4. The van der Waals surface area contributed by atoms with Crippen LogP contribution >= 0.6 is 0 Å². The van der Waals surface area contributed by atoms with Crippen molar-refractivity contribution in [2.24, 2.45) is 5.92 Å². The highest BCUT2D eigenvalue weighted by Crippen LogP contribution is 2.35. The van der Waals surface area contributed by atoms with Crippen molar-refractivity contribution in [3.05, 3.63) is 58.4 Å². The number of ether oxygens (including phenoxy) is 2. The van der Waals surface area contributed by atoms with Crippen LogP contribution in [0.25, 0.3) is 22.1 Å². The van der Waals surface area contributed by atoms with Gasteiger partial charge in [-0.2, -0.15) is 0 Å². The van der Waals surface area contributed by atoms with Gasteiger partial charge in [0.05, 0.1) is 23.6 Å². The van der Waals surface area contributed by atoms with Crippen LogP contribution in [0, 0.1) is 5.92 Å². The van der Waals surface area contributed by atoms with Crippen LogP contribution in [-0.2, 0) is 6.54 Å². The molecule has 0 radical (unpaired) electrons. The van der Waals surface area contributed by atoms with Crippen LogP contribution in [0.4, 0.5) is 0 Å². The molecule has 1 aromatic heterocycles. The molecule has 2 atom stereocenters. The highest BCUT2D eigenvalue weighted by molar-refractivity contribution is 5.85. The fourth-order valence-corrected chi connectivity index (χ4v) is 6.16. The summed E-state index contributed by atoms with van der Waals surface area (Å²) in [5.41, 5.74) is 2.99. The maximum atomic E-state index is 13.4. The molecule has 0 N–H and O–H groups in total. The molecule has 6 heteroatoms. The minimum absolute atomic E-state index is 0.0172. The van der Waals surface area contributed by atoms with Crippen LogP contribution in [0.2, 0.25) is 0 Å². The topological polar surface area (TPSA) is 55.2 Å². The molecule has 4 heterocycles. The lowest BCUT2D eigenvalue weighted by molar-refractivity contribution is 0.0146. The summed E-state index contributed by atoms with van der Waals surface area (Å²) in [5.74, 6) is 2.27. The number of nitrogens with zero attached hydrogens (tertiary/aromatic N) is 2. The largest absolute Gasteiger partial charge is 0.497 e. The molecule has 178 valence electrons. The van der Waals surface area contributed by atoms with Gasteiger partial charge in [-0.15, -0.1) is 0 Å². The maximum Gasteiger partial charge on any atom is 0.200 e. The van der Waals surface area contributed by atoms with Crippen molar-refractivity contribution >= 4 is 11.0 Å². The predicted octanol–water partition coefficient (Wildman–Crippen LogP) is 4.89. The summed E-state index contributed by atoms with van der Waals surface area (Å²) in [6.07, 6.45) is 8.18. The van der Waals surface area contributed by atoms with Gasteiger partial charge in [-0.25, -0.2) is 0 Å². The lowest BCUT2D eigenvalue weighted by Gasteiger charge is -2.46. The summed E-state index contributed by atoms with van der Waals surface area (Å²) in [7, 11) is 1.63. The van der Waals surface area contributed by atoms with E-state index in [0.717, 1.165) is 35.7 Å². The zero-order valence-corrected chi connectivity index (χ0v) is 19.8. The lowest BCUT2D eigenvalue weighted by atomic mass is 9.83. The van der Waals surface area contributed by atoms with Gasteiger partial charge < -0.3 is 18.8 Å². The molecule has 0 saturated carbocycles. The Bertz CT molecular complexity index is 1230. The smallest absolute Gasteiger partial charge is 0.200 e. The molecule has 0 aliphatic carbocycles. The number of hydrogen-bond acceptors (Lipinski definition) is 6. The van der Waals surface area contributed by atoms with Crippen molar-refractivity contribution < 1.29 is 13.9 Å². The van der Waals surface area contributed by atoms with Gasteiger partial charge >= 0.3 is 0 Å². The molecule has 6 rings (SSSR count). The second-order valence-electron chi connectivity index (χ2n) is 9.91. The summed E-state index contributed by atoms with van der Waals surface area (Å²) in [6, 6.07) is 12.0. The SMILES string of the molecule is COc1ccc(-c2coc3c4c(ccc3c2=O)OCN(C[C@@H]2CCCN3CCCC[C@H]23)C4)cc1. The Morgan fingerprint density at radius 1 is 1.03 bits per heavy atom. The van der Waals surface area contributed by atoms with Gasteiger partial charge in [-0.05, 0) is 74.5 Å². The second kappa shape index (κ2) is 9.08. The summed E-state index contributed by atoms with van der Waals surface area (Å²) >= 11 is 0. The summed E-state index contributed by atoms with van der Waals surface area (Å²) in [5, 5.41) is 0.605. The van der Waals surface area contributed by atoms with Gasteiger partial charge in [0.15, 0.2) is 0 Å². The standard InChI is InChI=1S/C28H32N2O4/c1-32-21-9-7-19(8-10-21)24-17-33-28-22(27(24)31)11-12-26-23(28)16-29(18-34-26)15-20-5-4-14-30-13-3-2-6-25(20)30/h7-12,17,20,25H,2-6,13-16,18H2,1H3/t20-,25+/m0/s1. The first-order valence-corrected chi connectivity index (χ1v) is 12.5. The van der Waals surface area contributed by atoms with Crippen molar-refractivity contribution in [3.8, 4) is 22.6 Å². The minimum atomic E-state index is -0.0172. The van der Waals surface area contributed by atoms with Gasteiger partial charge in [0.1, 0.15) is 30.1 Å². The quantitative estimate of drug-likeness (QED) is 0.553. The third-order valence-corrected chi connectivity index (χ3v) is 7.91. The van der Waals surface area contributed by atoms with Crippen LogP contribution in [-0.4, -0.2) is 49.3 Å².